The van der Waals surface area contributed by atoms with Crippen molar-refractivity contribution in [2.45, 2.75) is 45.4 Å². The number of carbonyl (C=O) groups excluding carboxylic acids is 2. The van der Waals surface area contributed by atoms with Gasteiger partial charge in [0.2, 0.25) is 5.91 Å². The molecule has 0 aliphatic carbocycles. The molecule has 1 atom stereocenters. The maximum atomic E-state index is 13.0. The number of rotatable bonds is 10. The first-order valence-corrected chi connectivity index (χ1v) is 14.0. The van der Waals surface area contributed by atoms with E-state index in [1.165, 1.54) is 17.8 Å². The predicted molar refractivity (Wildman–Crippen MR) is 155 cm³/mol. The summed E-state index contributed by atoms with van der Waals surface area (Å²) in [5.74, 6) is 0.198. The normalized spacial score (nSPS) is 11.9. The molecule has 11 heteroatoms. The van der Waals surface area contributed by atoms with E-state index in [0.717, 1.165) is 21.3 Å². The lowest BCUT2D eigenvalue weighted by molar-refractivity contribution is -0.113. The zero-order chi connectivity index (χ0) is 27.3. The minimum Gasteiger partial charge on any atom is -0.342 e. The maximum absolute atomic E-state index is 13.0. The molecule has 3 aromatic rings. The van der Waals surface area contributed by atoms with Gasteiger partial charge in [-0.2, -0.15) is 0 Å². The minimum atomic E-state index is -0.455. The molecular formula is C26H28BrCl2N5O2S. The molecular weight excluding hydrogens is 597 g/mol. The molecule has 0 unspecified atom stereocenters. The summed E-state index contributed by atoms with van der Waals surface area (Å²) in [7, 11) is 0. The van der Waals surface area contributed by atoms with Crippen molar-refractivity contribution in [3.05, 3.63) is 80.0 Å². The number of hydrogen-bond acceptors (Lipinski definition) is 5. The van der Waals surface area contributed by atoms with E-state index >= 15 is 0 Å². The number of benzene rings is 2. The Morgan fingerprint density at radius 1 is 1.16 bits per heavy atom. The Kier molecular flexibility index (Phi) is 10.2. The van der Waals surface area contributed by atoms with Crippen molar-refractivity contribution in [3.63, 3.8) is 0 Å². The Labute approximate surface area is 239 Å². The molecule has 2 N–H and O–H groups in total. The van der Waals surface area contributed by atoms with Gasteiger partial charge >= 0.3 is 0 Å². The van der Waals surface area contributed by atoms with Gasteiger partial charge in [0.25, 0.3) is 5.91 Å². The second-order valence-corrected chi connectivity index (χ2v) is 11.4. The van der Waals surface area contributed by atoms with Crippen LogP contribution in [0, 0.1) is 19.8 Å². The van der Waals surface area contributed by atoms with Gasteiger partial charge < -0.3 is 15.2 Å². The molecule has 2 amide bonds. The molecule has 1 aromatic heterocycles. The topological polar surface area (TPSA) is 88.9 Å². The maximum Gasteiger partial charge on any atom is 0.253 e. The highest BCUT2D eigenvalue weighted by Gasteiger charge is 2.27. The lowest BCUT2D eigenvalue weighted by Gasteiger charge is -2.23. The fourth-order valence-corrected chi connectivity index (χ4v) is 5.28. The molecule has 37 heavy (non-hydrogen) atoms. The zero-order valence-corrected chi connectivity index (χ0v) is 24.9. The van der Waals surface area contributed by atoms with E-state index in [2.05, 4.69) is 43.3 Å². The Morgan fingerprint density at radius 2 is 1.89 bits per heavy atom. The van der Waals surface area contributed by atoms with Gasteiger partial charge in [-0.25, -0.2) is 0 Å². The Morgan fingerprint density at radius 3 is 2.54 bits per heavy atom. The fraction of sp³-hybridized carbons (Fsp3) is 0.308. The summed E-state index contributed by atoms with van der Waals surface area (Å²) in [6.45, 7) is 12.2. The summed E-state index contributed by atoms with van der Waals surface area (Å²) in [4.78, 5) is 25.7. The van der Waals surface area contributed by atoms with Crippen molar-refractivity contribution in [1.29, 1.82) is 0 Å². The Hall–Kier alpha value is -2.33. The molecule has 0 spiro atoms. The van der Waals surface area contributed by atoms with Gasteiger partial charge in [0, 0.05) is 21.7 Å². The molecule has 3 rings (SSSR count). The van der Waals surface area contributed by atoms with Crippen LogP contribution in [0.15, 0.2) is 52.6 Å². The van der Waals surface area contributed by atoms with Gasteiger partial charge in [0.15, 0.2) is 11.0 Å². The predicted octanol–water partition coefficient (Wildman–Crippen LogP) is 7.01. The van der Waals surface area contributed by atoms with Crippen LogP contribution >= 0.6 is 50.9 Å². The fourth-order valence-electron chi connectivity index (χ4n) is 3.60. The van der Waals surface area contributed by atoms with E-state index in [-0.39, 0.29) is 28.5 Å². The number of allylic oxidation sites excluding steroid dienone is 1. The lowest BCUT2D eigenvalue weighted by atomic mass is 10.0. The van der Waals surface area contributed by atoms with Crippen molar-refractivity contribution >= 4 is 68.4 Å². The molecule has 0 aliphatic heterocycles. The largest absolute Gasteiger partial charge is 0.342 e. The second-order valence-electron chi connectivity index (χ2n) is 8.74. The second kappa shape index (κ2) is 13.0. The van der Waals surface area contributed by atoms with Crippen molar-refractivity contribution in [2.75, 3.05) is 11.1 Å². The first-order valence-electron chi connectivity index (χ1n) is 11.5. The van der Waals surface area contributed by atoms with Gasteiger partial charge in [-0.05, 0) is 61.2 Å². The summed E-state index contributed by atoms with van der Waals surface area (Å²) >= 11 is 17.0. The van der Waals surface area contributed by atoms with Crippen LogP contribution in [0.2, 0.25) is 10.0 Å². The van der Waals surface area contributed by atoms with Crippen LogP contribution in [-0.2, 0) is 11.3 Å². The number of carbonyl (C=O) groups is 2. The van der Waals surface area contributed by atoms with E-state index in [0.29, 0.717) is 28.1 Å². The van der Waals surface area contributed by atoms with Crippen molar-refractivity contribution in [3.8, 4) is 0 Å². The van der Waals surface area contributed by atoms with Crippen molar-refractivity contribution in [2.24, 2.45) is 5.92 Å². The highest BCUT2D eigenvalue weighted by molar-refractivity contribution is 9.10. The molecule has 0 radical (unpaired) electrons. The summed E-state index contributed by atoms with van der Waals surface area (Å²) in [6, 6.07) is 8.05. The SMILES string of the molecule is C=CCn1c(SCC(=O)Nc2ccc(Br)c(C)c2C)nnc1[C@@H](NC(=O)c1ccc(Cl)cc1Cl)C(C)C. The molecule has 0 bridgehead atoms. The number of hydrogen-bond donors (Lipinski definition) is 2. The van der Waals surface area contributed by atoms with Gasteiger partial charge in [0.05, 0.1) is 22.4 Å². The van der Waals surface area contributed by atoms with E-state index in [9.17, 15) is 9.59 Å². The quantitative estimate of drug-likeness (QED) is 0.187. The summed E-state index contributed by atoms with van der Waals surface area (Å²) in [5.41, 5.74) is 3.16. The van der Waals surface area contributed by atoms with Gasteiger partial charge in [-0.1, -0.05) is 70.8 Å². The third kappa shape index (κ3) is 7.16. The molecule has 0 aliphatic rings. The minimum absolute atomic E-state index is 0.00689. The van der Waals surface area contributed by atoms with Gasteiger partial charge in [-0.15, -0.1) is 16.8 Å². The number of anilines is 1. The molecule has 7 nitrogen and oxygen atoms in total. The third-order valence-corrected chi connectivity index (χ3v) is 8.17. The van der Waals surface area contributed by atoms with Gasteiger partial charge in [-0.3, -0.25) is 9.59 Å². The zero-order valence-electron chi connectivity index (χ0n) is 20.9. The van der Waals surface area contributed by atoms with Crippen LogP contribution in [0.3, 0.4) is 0 Å². The summed E-state index contributed by atoms with van der Waals surface area (Å²) in [6.07, 6.45) is 1.72. The monoisotopic (exact) mass is 623 g/mol. The molecule has 0 saturated heterocycles. The van der Waals surface area contributed by atoms with E-state index in [4.69, 9.17) is 23.2 Å². The van der Waals surface area contributed by atoms with Crippen molar-refractivity contribution in [1.82, 2.24) is 20.1 Å². The molecule has 1 heterocycles. The average molecular weight is 625 g/mol. The highest BCUT2D eigenvalue weighted by atomic mass is 79.9. The lowest BCUT2D eigenvalue weighted by Crippen LogP contribution is -2.34. The smallest absolute Gasteiger partial charge is 0.253 e. The number of thioether (sulfide) groups is 1. The number of nitrogens with one attached hydrogen (secondary N) is 2. The average Bonchev–Trinajstić information content (AvgIpc) is 3.23. The number of nitrogens with zero attached hydrogens (tertiary/aromatic N) is 3. The van der Waals surface area contributed by atoms with Gasteiger partial charge in [0.1, 0.15) is 0 Å². The third-order valence-electron chi connectivity index (χ3n) is 5.79. The first-order chi connectivity index (χ1) is 17.5. The van der Waals surface area contributed by atoms with Crippen molar-refractivity contribution < 1.29 is 9.59 Å². The van der Waals surface area contributed by atoms with Crippen LogP contribution in [0.1, 0.15) is 47.2 Å². The number of amides is 2. The van der Waals surface area contributed by atoms with E-state index in [1.54, 1.807) is 18.2 Å². The standard InChI is InChI=1S/C26H28BrCl2N5O2S/c1-6-11-34-24(23(14(2)3)31-25(36)18-8-7-17(28)12-20(18)29)32-33-26(34)37-13-22(35)30-21-10-9-19(27)15(4)16(21)5/h6-10,12,14,23H,1,11,13H2,2-5H3,(H,30,35)(H,31,36)/t23-/m0/s1. The van der Waals surface area contributed by atoms with E-state index < -0.39 is 6.04 Å². The van der Waals surface area contributed by atoms with Crippen LogP contribution in [-0.4, -0.2) is 32.3 Å². The molecule has 0 fully saturated rings. The summed E-state index contributed by atoms with van der Waals surface area (Å²) in [5, 5.41) is 15.9. The van der Waals surface area contributed by atoms with Crippen LogP contribution in [0.4, 0.5) is 5.69 Å². The van der Waals surface area contributed by atoms with Crippen LogP contribution in [0.5, 0.6) is 0 Å². The Bertz CT molecular complexity index is 1330. The highest BCUT2D eigenvalue weighted by Crippen LogP contribution is 2.29. The molecule has 2 aromatic carbocycles. The number of halogens is 3. The summed E-state index contributed by atoms with van der Waals surface area (Å²) < 4.78 is 2.85. The number of aromatic nitrogens is 3. The van der Waals surface area contributed by atoms with Crippen LogP contribution in [0.25, 0.3) is 0 Å². The molecule has 0 saturated carbocycles. The molecule has 196 valence electrons. The van der Waals surface area contributed by atoms with Crippen LogP contribution < -0.4 is 10.6 Å². The Balaban J connectivity index is 1.78. The first kappa shape index (κ1) is 29.2. The van der Waals surface area contributed by atoms with E-state index in [1.807, 2.05) is 44.4 Å².